The molecule has 2 aromatic carbocycles. The van der Waals surface area contributed by atoms with Crippen molar-refractivity contribution in [2.75, 3.05) is 10.6 Å². The van der Waals surface area contributed by atoms with Gasteiger partial charge in [-0.05, 0) is 30.3 Å². The van der Waals surface area contributed by atoms with E-state index in [9.17, 15) is 4.79 Å². The highest BCUT2D eigenvalue weighted by Crippen LogP contribution is 2.36. The molecule has 2 N–H and O–H groups in total. The molecule has 0 saturated heterocycles. The Morgan fingerprint density at radius 2 is 1.91 bits per heavy atom. The van der Waals surface area contributed by atoms with Crippen molar-refractivity contribution >= 4 is 17.3 Å². The van der Waals surface area contributed by atoms with Crippen LogP contribution in [0.4, 0.5) is 11.4 Å². The van der Waals surface area contributed by atoms with Gasteiger partial charge in [0.15, 0.2) is 5.75 Å². The monoisotopic (exact) mass is 302 g/mol. The third-order valence-electron chi connectivity index (χ3n) is 3.20. The van der Waals surface area contributed by atoms with E-state index in [0.717, 1.165) is 0 Å². The number of benzene rings is 2. The van der Waals surface area contributed by atoms with Crippen LogP contribution in [0.15, 0.2) is 54.2 Å². The zero-order valence-electron chi connectivity index (χ0n) is 11.8. The van der Waals surface area contributed by atoms with Gasteiger partial charge in [0, 0.05) is 11.9 Å². The smallest absolute Gasteiger partial charge is 0.259 e. The van der Waals surface area contributed by atoms with Crippen molar-refractivity contribution in [3.63, 3.8) is 0 Å². The molecule has 0 radical (unpaired) electrons. The number of carbonyl (C=O) groups is 1. The van der Waals surface area contributed by atoms with Crippen LogP contribution in [0.2, 0.25) is 0 Å². The minimum absolute atomic E-state index is 0.0620. The Morgan fingerprint density at radius 3 is 2.70 bits per heavy atom. The van der Waals surface area contributed by atoms with Crippen molar-refractivity contribution in [2.24, 2.45) is 0 Å². The van der Waals surface area contributed by atoms with Crippen LogP contribution in [0.3, 0.4) is 0 Å². The Kier molecular flexibility index (Phi) is 3.65. The first-order valence-electron chi connectivity index (χ1n) is 6.70. The number of nitrogens with one attached hydrogen (secondary N) is 2. The molecule has 23 heavy (non-hydrogen) atoms. The molecule has 0 bridgehead atoms. The predicted octanol–water partition coefficient (Wildman–Crippen LogP) is 3.39. The van der Waals surface area contributed by atoms with Crippen LogP contribution in [0.5, 0.6) is 11.5 Å². The first kappa shape index (κ1) is 14.2. The first-order valence-corrected chi connectivity index (χ1v) is 6.70. The van der Waals surface area contributed by atoms with Gasteiger partial charge in [-0.25, -0.2) is 0 Å². The highest BCUT2D eigenvalue weighted by molar-refractivity contribution is 6.08. The Balaban J connectivity index is 1.94. The van der Waals surface area contributed by atoms with Crippen LogP contribution in [-0.2, 0) is 0 Å². The molecule has 1 heterocycles. The summed E-state index contributed by atoms with van der Waals surface area (Å²) in [5.74, 6) is 0.706. The lowest BCUT2D eigenvalue weighted by molar-refractivity contribution is 0.102. The molecule has 0 atom stereocenters. The van der Waals surface area contributed by atoms with Gasteiger partial charge >= 0.3 is 0 Å². The standard InChI is InChI=1S/C17H10N4O2/c18-8-11(9-19)10-20-12-5-6-15-13(7-12)17(22)21-14-3-1-2-4-16(14)23-15/h1-7,10,20H,(H,21,22). The average Bonchev–Trinajstić information content (AvgIpc) is 2.71. The van der Waals surface area contributed by atoms with Crippen molar-refractivity contribution in [3.8, 4) is 23.6 Å². The number of allylic oxidation sites excluding steroid dienone is 1. The maximum atomic E-state index is 12.3. The number of ether oxygens (including phenoxy) is 1. The molecule has 0 aliphatic carbocycles. The number of rotatable bonds is 2. The lowest BCUT2D eigenvalue weighted by atomic mass is 10.1. The molecule has 1 aliphatic rings. The zero-order chi connectivity index (χ0) is 16.2. The van der Waals surface area contributed by atoms with Crippen molar-refractivity contribution in [1.29, 1.82) is 10.5 Å². The van der Waals surface area contributed by atoms with E-state index >= 15 is 0 Å². The van der Waals surface area contributed by atoms with Gasteiger partial charge in [0.2, 0.25) is 0 Å². The van der Waals surface area contributed by atoms with E-state index in [1.54, 1.807) is 42.5 Å². The van der Waals surface area contributed by atoms with Crippen LogP contribution in [0.25, 0.3) is 0 Å². The number of fused-ring (bicyclic) bond motifs is 2. The van der Waals surface area contributed by atoms with Crippen LogP contribution in [0, 0.1) is 22.7 Å². The van der Waals surface area contributed by atoms with Crippen molar-refractivity contribution in [2.45, 2.75) is 0 Å². The molecule has 0 unspecified atom stereocenters. The fraction of sp³-hybridized carbons (Fsp3) is 0. The van der Waals surface area contributed by atoms with Gasteiger partial charge in [-0.15, -0.1) is 0 Å². The summed E-state index contributed by atoms with van der Waals surface area (Å²) in [6.45, 7) is 0. The van der Waals surface area contributed by atoms with E-state index in [4.69, 9.17) is 15.3 Å². The number of nitriles is 2. The minimum Gasteiger partial charge on any atom is -0.454 e. The fourth-order valence-corrected chi connectivity index (χ4v) is 2.10. The average molecular weight is 302 g/mol. The van der Waals surface area contributed by atoms with E-state index in [2.05, 4.69) is 10.6 Å². The van der Waals surface area contributed by atoms with Crippen LogP contribution in [0.1, 0.15) is 10.4 Å². The molecule has 0 fully saturated rings. The molecule has 6 heteroatoms. The van der Waals surface area contributed by atoms with E-state index in [-0.39, 0.29) is 11.5 Å². The number of hydrogen-bond acceptors (Lipinski definition) is 5. The summed E-state index contributed by atoms with van der Waals surface area (Å²) in [6, 6.07) is 15.6. The molecular weight excluding hydrogens is 292 g/mol. The quantitative estimate of drug-likeness (QED) is 0.829. The summed E-state index contributed by atoms with van der Waals surface area (Å²) in [7, 11) is 0. The number of nitrogens with zero attached hydrogens (tertiary/aromatic N) is 2. The summed E-state index contributed by atoms with van der Waals surface area (Å²) < 4.78 is 5.76. The summed E-state index contributed by atoms with van der Waals surface area (Å²) in [5.41, 5.74) is 1.46. The van der Waals surface area contributed by atoms with Gasteiger partial charge in [0.1, 0.15) is 23.5 Å². The molecule has 0 aromatic heterocycles. The summed E-state index contributed by atoms with van der Waals surface area (Å²) in [6.07, 6.45) is 1.28. The molecule has 6 nitrogen and oxygen atoms in total. The number of anilines is 2. The van der Waals surface area contributed by atoms with Gasteiger partial charge in [-0.3, -0.25) is 4.79 Å². The van der Waals surface area contributed by atoms with Gasteiger partial charge < -0.3 is 15.4 Å². The maximum Gasteiger partial charge on any atom is 0.259 e. The van der Waals surface area contributed by atoms with Gasteiger partial charge in [0.25, 0.3) is 5.91 Å². The van der Waals surface area contributed by atoms with E-state index in [1.165, 1.54) is 6.20 Å². The second-order valence-electron chi connectivity index (χ2n) is 4.69. The van der Waals surface area contributed by atoms with Crippen molar-refractivity contribution < 1.29 is 9.53 Å². The topological polar surface area (TPSA) is 97.9 Å². The molecule has 0 spiro atoms. The third-order valence-corrected chi connectivity index (χ3v) is 3.20. The van der Waals surface area contributed by atoms with Crippen LogP contribution in [-0.4, -0.2) is 5.91 Å². The Hall–Kier alpha value is -3.77. The molecule has 1 amide bonds. The minimum atomic E-state index is -0.293. The van der Waals surface area contributed by atoms with Gasteiger partial charge in [-0.2, -0.15) is 10.5 Å². The Morgan fingerprint density at radius 1 is 1.13 bits per heavy atom. The van der Waals surface area contributed by atoms with Crippen LogP contribution >= 0.6 is 0 Å². The molecular formula is C17H10N4O2. The lowest BCUT2D eigenvalue weighted by Crippen LogP contribution is -2.10. The number of amides is 1. The highest BCUT2D eigenvalue weighted by Gasteiger charge is 2.20. The Bertz CT molecular complexity index is 888. The van der Waals surface area contributed by atoms with Gasteiger partial charge in [0.05, 0.1) is 11.3 Å². The summed E-state index contributed by atoms with van der Waals surface area (Å²) in [4.78, 5) is 12.3. The van der Waals surface area contributed by atoms with E-state index in [1.807, 2.05) is 12.1 Å². The first-order chi connectivity index (χ1) is 11.2. The summed E-state index contributed by atoms with van der Waals surface area (Å²) >= 11 is 0. The molecule has 110 valence electrons. The highest BCUT2D eigenvalue weighted by atomic mass is 16.5. The van der Waals surface area contributed by atoms with Crippen molar-refractivity contribution in [3.05, 3.63) is 59.8 Å². The fourth-order valence-electron chi connectivity index (χ4n) is 2.10. The van der Waals surface area contributed by atoms with Crippen LogP contribution < -0.4 is 15.4 Å². The predicted molar refractivity (Wildman–Crippen MR) is 83.8 cm³/mol. The SMILES string of the molecule is N#CC(C#N)=CNc1ccc2c(c1)C(=O)Nc1ccccc1O2. The largest absolute Gasteiger partial charge is 0.454 e. The van der Waals surface area contributed by atoms with E-state index < -0.39 is 0 Å². The third kappa shape index (κ3) is 2.82. The molecule has 0 saturated carbocycles. The molecule has 3 rings (SSSR count). The van der Waals surface area contributed by atoms with Crippen molar-refractivity contribution in [1.82, 2.24) is 0 Å². The number of carbonyl (C=O) groups excluding carboxylic acids is 1. The van der Waals surface area contributed by atoms with E-state index in [0.29, 0.717) is 28.4 Å². The number of hydrogen-bond donors (Lipinski definition) is 2. The normalized spacial score (nSPS) is 11.3. The number of para-hydroxylation sites is 2. The molecule has 1 aliphatic heterocycles. The zero-order valence-corrected chi connectivity index (χ0v) is 11.8. The summed E-state index contributed by atoms with van der Waals surface area (Å²) in [5, 5.41) is 23.0. The second-order valence-corrected chi connectivity index (χ2v) is 4.69. The maximum absolute atomic E-state index is 12.3. The second kappa shape index (κ2) is 5.92. The lowest BCUT2D eigenvalue weighted by Gasteiger charge is -2.08. The Labute approximate surface area is 132 Å². The van der Waals surface area contributed by atoms with Gasteiger partial charge in [-0.1, -0.05) is 12.1 Å². The molecule has 2 aromatic rings.